The molecule has 0 saturated carbocycles. The summed E-state index contributed by atoms with van der Waals surface area (Å²) in [6, 6.07) is 2.40. The third-order valence-corrected chi connectivity index (χ3v) is 2.13. The Balaban J connectivity index is 2.41. The SMILES string of the molecule is N#CCN1CCC[C@H]1CN=[N+]=[N-]. The summed E-state index contributed by atoms with van der Waals surface area (Å²) in [6.07, 6.45) is 2.15. The largest absolute Gasteiger partial charge is 0.287 e. The fraction of sp³-hybridized carbons (Fsp3) is 0.857. The summed E-state index contributed by atoms with van der Waals surface area (Å²) in [4.78, 5) is 4.77. The van der Waals surface area contributed by atoms with Crippen LogP contribution in [0.1, 0.15) is 12.8 Å². The van der Waals surface area contributed by atoms with Gasteiger partial charge in [-0.15, -0.1) is 0 Å². The minimum Gasteiger partial charge on any atom is -0.287 e. The van der Waals surface area contributed by atoms with Crippen LogP contribution >= 0.6 is 0 Å². The maximum atomic E-state index is 8.47. The highest BCUT2D eigenvalue weighted by Crippen LogP contribution is 2.16. The molecule has 0 spiro atoms. The number of likely N-dealkylation sites (tertiary alicyclic amines) is 1. The molecule has 0 aromatic carbocycles. The Bertz CT molecular complexity index is 224. The summed E-state index contributed by atoms with van der Waals surface area (Å²) in [5, 5.41) is 12.0. The van der Waals surface area contributed by atoms with Crippen LogP contribution in [0.4, 0.5) is 0 Å². The third-order valence-electron chi connectivity index (χ3n) is 2.13. The second kappa shape index (κ2) is 4.60. The van der Waals surface area contributed by atoms with Gasteiger partial charge in [0.25, 0.3) is 0 Å². The van der Waals surface area contributed by atoms with Crippen LogP contribution in [0.3, 0.4) is 0 Å². The fourth-order valence-corrected chi connectivity index (χ4v) is 1.53. The van der Waals surface area contributed by atoms with E-state index in [1.165, 1.54) is 0 Å². The van der Waals surface area contributed by atoms with E-state index in [4.69, 9.17) is 10.8 Å². The van der Waals surface area contributed by atoms with Crippen molar-refractivity contribution in [3.05, 3.63) is 10.4 Å². The van der Waals surface area contributed by atoms with E-state index in [1.54, 1.807) is 0 Å². The van der Waals surface area contributed by atoms with Crippen LogP contribution in [0.25, 0.3) is 10.4 Å². The van der Waals surface area contributed by atoms with E-state index in [1.807, 2.05) is 0 Å². The Morgan fingerprint density at radius 2 is 2.58 bits per heavy atom. The normalized spacial score (nSPS) is 23.1. The smallest absolute Gasteiger partial charge is 0.0868 e. The fourth-order valence-electron chi connectivity index (χ4n) is 1.53. The molecule has 0 aromatic rings. The molecule has 0 bridgehead atoms. The predicted molar refractivity (Wildman–Crippen MR) is 44.2 cm³/mol. The first-order valence-electron chi connectivity index (χ1n) is 4.00. The van der Waals surface area contributed by atoms with Gasteiger partial charge in [0.2, 0.25) is 0 Å². The molecular formula is C7H11N5. The van der Waals surface area contributed by atoms with E-state index in [0.717, 1.165) is 19.4 Å². The first-order chi connectivity index (χ1) is 5.88. The van der Waals surface area contributed by atoms with Gasteiger partial charge in [0, 0.05) is 17.5 Å². The molecule has 1 fully saturated rings. The molecule has 1 aliphatic rings. The lowest BCUT2D eigenvalue weighted by Gasteiger charge is -2.18. The quantitative estimate of drug-likeness (QED) is 0.273. The average molecular weight is 165 g/mol. The highest BCUT2D eigenvalue weighted by Gasteiger charge is 2.22. The minimum absolute atomic E-state index is 0.292. The number of hydrogen-bond acceptors (Lipinski definition) is 3. The van der Waals surface area contributed by atoms with Gasteiger partial charge in [-0.05, 0) is 24.9 Å². The monoisotopic (exact) mass is 165 g/mol. The van der Waals surface area contributed by atoms with Gasteiger partial charge < -0.3 is 0 Å². The standard InChI is InChI=1S/C7H11N5/c8-3-5-12-4-1-2-7(12)6-10-11-9/h7H,1-2,4-6H2/t7-/m0/s1. The molecule has 0 radical (unpaired) electrons. The lowest BCUT2D eigenvalue weighted by Crippen LogP contribution is -2.31. The number of rotatable bonds is 3. The molecule has 1 saturated heterocycles. The third kappa shape index (κ3) is 2.12. The Kier molecular flexibility index (Phi) is 3.39. The minimum atomic E-state index is 0.292. The first kappa shape index (κ1) is 8.85. The summed E-state index contributed by atoms with van der Waals surface area (Å²) < 4.78 is 0. The van der Waals surface area contributed by atoms with Crippen molar-refractivity contribution in [2.75, 3.05) is 19.6 Å². The van der Waals surface area contributed by atoms with E-state index in [0.29, 0.717) is 19.1 Å². The molecule has 0 amide bonds. The molecule has 1 rings (SSSR count). The van der Waals surface area contributed by atoms with Crippen molar-refractivity contribution in [1.29, 1.82) is 5.26 Å². The molecule has 5 heteroatoms. The van der Waals surface area contributed by atoms with Crippen molar-refractivity contribution in [2.24, 2.45) is 5.11 Å². The van der Waals surface area contributed by atoms with Gasteiger partial charge in [0.05, 0.1) is 12.6 Å². The molecule has 12 heavy (non-hydrogen) atoms. The Morgan fingerprint density at radius 3 is 3.25 bits per heavy atom. The maximum absolute atomic E-state index is 8.47. The zero-order valence-corrected chi connectivity index (χ0v) is 6.85. The van der Waals surface area contributed by atoms with Gasteiger partial charge >= 0.3 is 0 Å². The van der Waals surface area contributed by atoms with E-state index in [9.17, 15) is 0 Å². The molecule has 1 heterocycles. The Hall–Kier alpha value is -1.24. The van der Waals surface area contributed by atoms with Gasteiger partial charge in [0.1, 0.15) is 0 Å². The number of hydrogen-bond donors (Lipinski definition) is 0. The summed E-state index contributed by atoms with van der Waals surface area (Å²) in [5.74, 6) is 0. The van der Waals surface area contributed by atoms with Gasteiger partial charge in [-0.1, -0.05) is 5.11 Å². The van der Waals surface area contributed by atoms with E-state index < -0.39 is 0 Å². The molecule has 5 nitrogen and oxygen atoms in total. The summed E-state index contributed by atoms with van der Waals surface area (Å²) in [5.41, 5.74) is 8.12. The first-order valence-corrected chi connectivity index (χ1v) is 4.00. The number of azide groups is 1. The average Bonchev–Trinajstić information content (AvgIpc) is 2.50. The molecule has 1 aliphatic heterocycles. The van der Waals surface area contributed by atoms with Gasteiger partial charge in [0.15, 0.2) is 0 Å². The topological polar surface area (TPSA) is 75.8 Å². The molecule has 1 atom stereocenters. The van der Waals surface area contributed by atoms with Gasteiger partial charge in [-0.25, -0.2) is 0 Å². The maximum Gasteiger partial charge on any atom is 0.0868 e. The van der Waals surface area contributed by atoms with Crippen molar-refractivity contribution in [1.82, 2.24) is 4.90 Å². The van der Waals surface area contributed by atoms with E-state index in [-0.39, 0.29) is 0 Å². The van der Waals surface area contributed by atoms with Crippen molar-refractivity contribution in [2.45, 2.75) is 18.9 Å². The Labute approximate surface area is 71.2 Å². The van der Waals surface area contributed by atoms with Gasteiger partial charge in [-0.2, -0.15) is 5.26 Å². The molecule has 64 valence electrons. The van der Waals surface area contributed by atoms with Crippen molar-refractivity contribution < 1.29 is 0 Å². The van der Waals surface area contributed by atoms with Crippen LogP contribution < -0.4 is 0 Å². The van der Waals surface area contributed by atoms with Crippen LogP contribution in [-0.2, 0) is 0 Å². The van der Waals surface area contributed by atoms with Crippen molar-refractivity contribution >= 4 is 0 Å². The Morgan fingerprint density at radius 1 is 1.75 bits per heavy atom. The number of nitrogens with zero attached hydrogens (tertiary/aromatic N) is 5. The van der Waals surface area contributed by atoms with Crippen LogP contribution in [0, 0.1) is 11.3 Å². The van der Waals surface area contributed by atoms with Crippen molar-refractivity contribution in [3.63, 3.8) is 0 Å². The molecule has 0 aromatic heterocycles. The second-order valence-electron chi connectivity index (χ2n) is 2.84. The second-order valence-corrected chi connectivity index (χ2v) is 2.84. The van der Waals surface area contributed by atoms with Crippen LogP contribution in [0.15, 0.2) is 5.11 Å². The zero-order chi connectivity index (χ0) is 8.81. The van der Waals surface area contributed by atoms with Crippen LogP contribution in [-0.4, -0.2) is 30.6 Å². The summed E-state index contributed by atoms with van der Waals surface area (Å²) >= 11 is 0. The van der Waals surface area contributed by atoms with Crippen LogP contribution in [0.5, 0.6) is 0 Å². The molecule has 0 aliphatic carbocycles. The molecule has 0 N–H and O–H groups in total. The highest BCUT2D eigenvalue weighted by atomic mass is 15.2. The predicted octanol–water partition coefficient (Wildman–Crippen LogP) is 1.28. The van der Waals surface area contributed by atoms with E-state index >= 15 is 0 Å². The van der Waals surface area contributed by atoms with Crippen molar-refractivity contribution in [3.8, 4) is 6.07 Å². The lowest BCUT2D eigenvalue weighted by atomic mass is 10.2. The van der Waals surface area contributed by atoms with Crippen LogP contribution in [0.2, 0.25) is 0 Å². The number of nitriles is 1. The lowest BCUT2D eigenvalue weighted by molar-refractivity contribution is 0.289. The highest BCUT2D eigenvalue weighted by molar-refractivity contribution is 4.87. The molecular weight excluding hydrogens is 154 g/mol. The summed E-state index contributed by atoms with van der Waals surface area (Å²) in [7, 11) is 0. The van der Waals surface area contributed by atoms with Gasteiger partial charge in [-0.3, -0.25) is 4.90 Å². The zero-order valence-electron chi connectivity index (χ0n) is 6.85. The molecule has 0 unspecified atom stereocenters. The van der Waals surface area contributed by atoms with E-state index in [2.05, 4.69) is 21.0 Å². The summed E-state index contributed by atoms with van der Waals surface area (Å²) in [6.45, 7) is 1.91.